The average Bonchev–Trinajstić information content (AvgIpc) is 2.93. The van der Waals surface area contributed by atoms with E-state index in [1.54, 1.807) is 0 Å². The lowest BCUT2D eigenvalue weighted by Crippen LogP contribution is -2.40. The molecule has 18 heavy (non-hydrogen) atoms. The van der Waals surface area contributed by atoms with E-state index >= 15 is 0 Å². The quantitative estimate of drug-likeness (QED) is 0.890. The van der Waals surface area contributed by atoms with Crippen LogP contribution >= 0.6 is 0 Å². The minimum Gasteiger partial charge on any atom is -0.377 e. The van der Waals surface area contributed by atoms with Crippen molar-refractivity contribution in [3.63, 3.8) is 0 Å². The van der Waals surface area contributed by atoms with Crippen molar-refractivity contribution in [1.82, 2.24) is 10.3 Å². The van der Waals surface area contributed by atoms with Crippen molar-refractivity contribution >= 4 is 0 Å². The van der Waals surface area contributed by atoms with Crippen molar-refractivity contribution in [2.75, 3.05) is 6.61 Å². The van der Waals surface area contributed by atoms with Crippen LogP contribution in [0.5, 0.6) is 0 Å². The maximum absolute atomic E-state index is 5.76. The number of nitrogens with one attached hydrogen (secondary N) is 1. The molecule has 0 spiro atoms. The molecule has 2 aliphatic rings. The molecule has 0 saturated carbocycles. The van der Waals surface area contributed by atoms with Gasteiger partial charge in [-0.05, 0) is 50.7 Å². The normalized spacial score (nSPS) is 28.9. The number of aromatic nitrogens is 1. The van der Waals surface area contributed by atoms with Crippen molar-refractivity contribution < 1.29 is 4.74 Å². The number of fused-ring (bicyclic) bond motifs is 1. The van der Waals surface area contributed by atoms with Gasteiger partial charge in [0.15, 0.2) is 0 Å². The summed E-state index contributed by atoms with van der Waals surface area (Å²) in [5, 5.41) is 3.73. The van der Waals surface area contributed by atoms with Gasteiger partial charge < -0.3 is 10.1 Å². The zero-order chi connectivity index (χ0) is 12.4. The Kier molecular flexibility index (Phi) is 3.62. The molecule has 3 heteroatoms. The number of hydrogen-bond acceptors (Lipinski definition) is 3. The minimum atomic E-state index is 0.388. The summed E-state index contributed by atoms with van der Waals surface area (Å²) >= 11 is 0. The van der Waals surface area contributed by atoms with Crippen LogP contribution in [-0.2, 0) is 11.2 Å². The minimum absolute atomic E-state index is 0.388. The van der Waals surface area contributed by atoms with E-state index < -0.39 is 0 Å². The second-order valence-corrected chi connectivity index (χ2v) is 5.50. The van der Waals surface area contributed by atoms with E-state index in [1.165, 1.54) is 43.4 Å². The van der Waals surface area contributed by atoms with Crippen LogP contribution in [0.15, 0.2) is 18.3 Å². The molecule has 3 nitrogen and oxygen atoms in total. The number of nitrogens with zero attached hydrogens (tertiary/aromatic N) is 1. The highest BCUT2D eigenvalue weighted by Crippen LogP contribution is 2.29. The second kappa shape index (κ2) is 5.37. The van der Waals surface area contributed by atoms with Gasteiger partial charge in [-0.3, -0.25) is 4.98 Å². The van der Waals surface area contributed by atoms with Gasteiger partial charge >= 0.3 is 0 Å². The first kappa shape index (κ1) is 12.1. The molecular formula is C15H22N2O. The molecule has 0 radical (unpaired) electrons. The standard InChI is InChI=1S/C15H22N2O/c1-11(14-8-4-10-18-14)17-13-7-2-5-12-6-3-9-16-15(12)13/h3,6,9,11,13-14,17H,2,4-5,7-8,10H2,1H3. The Bertz CT molecular complexity index is 401. The van der Waals surface area contributed by atoms with Gasteiger partial charge in [0.05, 0.1) is 17.8 Å². The van der Waals surface area contributed by atoms with E-state index in [0.717, 1.165) is 6.61 Å². The summed E-state index contributed by atoms with van der Waals surface area (Å²) in [5.41, 5.74) is 2.68. The molecule has 0 bridgehead atoms. The molecule has 1 N–H and O–H groups in total. The van der Waals surface area contributed by atoms with Gasteiger partial charge in [0.2, 0.25) is 0 Å². The largest absolute Gasteiger partial charge is 0.377 e. The Labute approximate surface area is 109 Å². The van der Waals surface area contributed by atoms with E-state index in [4.69, 9.17) is 4.74 Å². The summed E-state index contributed by atoms with van der Waals surface area (Å²) < 4.78 is 5.76. The van der Waals surface area contributed by atoms with Crippen molar-refractivity contribution in [3.8, 4) is 0 Å². The summed E-state index contributed by atoms with van der Waals surface area (Å²) in [6.45, 7) is 3.17. The SMILES string of the molecule is CC(NC1CCCc2cccnc21)C1CCCO1. The van der Waals surface area contributed by atoms with Crippen LogP contribution in [-0.4, -0.2) is 23.7 Å². The van der Waals surface area contributed by atoms with Crippen LogP contribution < -0.4 is 5.32 Å². The Hall–Kier alpha value is -0.930. The smallest absolute Gasteiger partial charge is 0.0726 e. The number of pyridine rings is 1. The Morgan fingerprint density at radius 2 is 2.33 bits per heavy atom. The van der Waals surface area contributed by atoms with E-state index in [1.807, 2.05) is 12.3 Å². The van der Waals surface area contributed by atoms with Crippen molar-refractivity contribution in [2.45, 2.75) is 57.2 Å². The number of aryl methyl sites for hydroxylation is 1. The molecule has 98 valence electrons. The number of rotatable bonds is 3. The fourth-order valence-electron chi connectivity index (χ4n) is 3.19. The molecule has 3 rings (SSSR count). The third-order valence-electron chi connectivity index (χ3n) is 4.18. The Morgan fingerprint density at radius 1 is 1.39 bits per heavy atom. The first-order valence-corrected chi connectivity index (χ1v) is 7.16. The van der Waals surface area contributed by atoms with Crippen LogP contribution in [0.1, 0.15) is 49.9 Å². The third kappa shape index (κ3) is 2.43. The summed E-state index contributed by atoms with van der Waals surface area (Å²) in [4.78, 5) is 4.58. The summed E-state index contributed by atoms with van der Waals surface area (Å²) in [7, 11) is 0. The highest BCUT2D eigenvalue weighted by molar-refractivity contribution is 5.25. The van der Waals surface area contributed by atoms with E-state index in [2.05, 4.69) is 23.3 Å². The van der Waals surface area contributed by atoms with Crippen LogP contribution in [0, 0.1) is 0 Å². The number of hydrogen-bond donors (Lipinski definition) is 1. The monoisotopic (exact) mass is 246 g/mol. The van der Waals surface area contributed by atoms with Gasteiger partial charge in [-0.15, -0.1) is 0 Å². The predicted molar refractivity (Wildman–Crippen MR) is 71.5 cm³/mol. The maximum atomic E-state index is 5.76. The van der Waals surface area contributed by atoms with E-state index in [0.29, 0.717) is 18.2 Å². The highest BCUT2D eigenvalue weighted by Gasteiger charge is 2.27. The van der Waals surface area contributed by atoms with Gasteiger partial charge in [0, 0.05) is 18.8 Å². The Morgan fingerprint density at radius 3 is 3.17 bits per heavy atom. The van der Waals surface area contributed by atoms with Crippen LogP contribution in [0.3, 0.4) is 0 Å². The lowest BCUT2D eigenvalue weighted by molar-refractivity contribution is 0.0785. The predicted octanol–water partition coefficient (Wildman–Crippen LogP) is 2.62. The molecule has 3 unspecified atom stereocenters. The van der Waals surface area contributed by atoms with Crippen molar-refractivity contribution in [1.29, 1.82) is 0 Å². The lowest BCUT2D eigenvalue weighted by Gasteiger charge is -2.30. The molecule has 1 fully saturated rings. The lowest BCUT2D eigenvalue weighted by atomic mass is 9.91. The van der Waals surface area contributed by atoms with Crippen LogP contribution in [0.2, 0.25) is 0 Å². The van der Waals surface area contributed by atoms with Crippen molar-refractivity contribution in [2.24, 2.45) is 0 Å². The fraction of sp³-hybridized carbons (Fsp3) is 0.667. The zero-order valence-corrected chi connectivity index (χ0v) is 11.1. The summed E-state index contributed by atoms with van der Waals surface area (Å²) in [6, 6.07) is 5.09. The van der Waals surface area contributed by atoms with E-state index in [-0.39, 0.29) is 0 Å². The van der Waals surface area contributed by atoms with Gasteiger partial charge in [0.1, 0.15) is 0 Å². The first-order chi connectivity index (χ1) is 8.84. The summed E-state index contributed by atoms with van der Waals surface area (Å²) in [6.07, 6.45) is 8.33. The molecule has 3 atom stereocenters. The topological polar surface area (TPSA) is 34.2 Å². The van der Waals surface area contributed by atoms with Crippen LogP contribution in [0.4, 0.5) is 0 Å². The van der Waals surface area contributed by atoms with E-state index in [9.17, 15) is 0 Å². The molecule has 1 aliphatic carbocycles. The van der Waals surface area contributed by atoms with Gasteiger partial charge in [-0.2, -0.15) is 0 Å². The summed E-state index contributed by atoms with van der Waals surface area (Å²) in [5.74, 6) is 0. The van der Waals surface area contributed by atoms with Crippen LogP contribution in [0.25, 0.3) is 0 Å². The molecular weight excluding hydrogens is 224 g/mol. The highest BCUT2D eigenvalue weighted by atomic mass is 16.5. The van der Waals surface area contributed by atoms with Gasteiger partial charge in [-0.25, -0.2) is 0 Å². The van der Waals surface area contributed by atoms with Gasteiger partial charge in [-0.1, -0.05) is 6.07 Å². The number of ether oxygens (including phenoxy) is 1. The Balaban J connectivity index is 1.70. The molecule has 0 aromatic carbocycles. The molecule has 1 aromatic rings. The zero-order valence-electron chi connectivity index (χ0n) is 11.1. The van der Waals surface area contributed by atoms with Gasteiger partial charge in [0.25, 0.3) is 0 Å². The molecule has 1 saturated heterocycles. The fourth-order valence-corrected chi connectivity index (χ4v) is 3.19. The molecule has 0 amide bonds. The molecule has 1 aliphatic heterocycles. The molecule has 1 aromatic heterocycles. The average molecular weight is 246 g/mol. The third-order valence-corrected chi connectivity index (χ3v) is 4.18. The molecule has 2 heterocycles. The first-order valence-electron chi connectivity index (χ1n) is 7.16. The van der Waals surface area contributed by atoms with Crippen molar-refractivity contribution in [3.05, 3.63) is 29.6 Å². The maximum Gasteiger partial charge on any atom is 0.0726 e. The second-order valence-electron chi connectivity index (χ2n) is 5.50.